The van der Waals surface area contributed by atoms with Gasteiger partial charge in [-0.05, 0) is 54.0 Å². The molecule has 1 aromatic heterocycles. The standard InChI is InChI=1S/C20H29FN6O/c1-2-4-19(20-22-23-24-27(20)15-18-5-3-14-28-18)26-12-10-25(11-13-26)17-8-6-16(21)7-9-17/h6-9,18-19H,2-5,10-15H2,1H3/t18-,19+/m0/s1. The predicted molar refractivity (Wildman–Crippen MR) is 105 cm³/mol. The number of hydrogen-bond donors (Lipinski definition) is 0. The van der Waals surface area contributed by atoms with Crippen LogP contribution in [0.4, 0.5) is 10.1 Å². The number of halogens is 1. The van der Waals surface area contributed by atoms with Crippen molar-refractivity contribution in [2.45, 2.75) is 51.3 Å². The first-order valence-electron chi connectivity index (χ1n) is 10.4. The molecule has 0 N–H and O–H groups in total. The van der Waals surface area contributed by atoms with Gasteiger partial charge in [-0.15, -0.1) is 5.10 Å². The van der Waals surface area contributed by atoms with Gasteiger partial charge in [-0.25, -0.2) is 9.07 Å². The zero-order valence-corrected chi connectivity index (χ0v) is 16.5. The third kappa shape index (κ3) is 4.33. The molecule has 2 aliphatic heterocycles. The maximum absolute atomic E-state index is 13.2. The van der Waals surface area contributed by atoms with Gasteiger partial charge >= 0.3 is 0 Å². The van der Waals surface area contributed by atoms with Crippen molar-refractivity contribution < 1.29 is 9.13 Å². The Morgan fingerprint density at radius 3 is 2.64 bits per heavy atom. The molecule has 2 aromatic rings. The highest BCUT2D eigenvalue weighted by Gasteiger charge is 2.29. The van der Waals surface area contributed by atoms with E-state index in [0.717, 1.165) is 76.5 Å². The lowest BCUT2D eigenvalue weighted by Gasteiger charge is -2.39. The van der Waals surface area contributed by atoms with Crippen molar-refractivity contribution in [3.63, 3.8) is 0 Å². The van der Waals surface area contributed by atoms with Gasteiger partial charge in [0.1, 0.15) is 5.82 Å². The molecule has 28 heavy (non-hydrogen) atoms. The summed E-state index contributed by atoms with van der Waals surface area (Å²) >= 11 is 0. The summed E-state index contributed by atoms with van der Waals surface area (Å²) in [6, 6.07) is 6.99. The van der Waals surface area contributed by atoms with Crippen LogP contribution in [0.2, 0.25) is 0 Å². The summed E-state index contributed by atoms with van der Waals surface area (Å²) in [5.74, 6) is 0.760. The number of tetrazole rings is 1. The van der Waals surface area contributed by atoms with Gasteiger partial charge in [-0.2, -0.15) is 0 Å². The molecule has 0 spiro atoms. The van der Waals surface area contributed by atoms with Gasteiger partial charge in [-0.1, -0.05) is 13.3 Å². The Morgan fingerprint density at radius 1 is 1.18 bits per heavy atom. The van der Waals surface area contributed by atoms with Gasteiger partial charge in [0.05, 0.1) is 18.7 Å². The first kappa shape index (κ1) is 19.3. The molecule has 2 fully saturated rings. The Hall–Kier alpha value is -2.06. The fourth-order valence-corrected chi connectivity index (χ4v) is 4.25. The zero-order valence-electron chi connectivity index (χ0n) is 16.5. The SMILES string of the molecule is CCC[C@H](c1nnnn1C[C@@H]1CCCO1)N1CCN(c2ccc(F)cc2)CC1. The fraction of sp³-hybridized carbons (Fsp3) is 0.650. The van der Waals surface area contributed by atoms with Crippen LogP contribution in [0.3, 0.4) is 0 Å². The van der Waals surface area contributed by atoms with Crippen molar-refractivity contribution in [2.24, 2.45) is 0 Å². The number of benzene rings is 1. The van der Waals surface area contributed by atoms with Gasteiger partial charge < -0.3 is 9.64 Å². The van der Waals surface area contributed by atoms with Crippen molar-refractivity contribution in [2.75, 3.05) is 37.7 Å². The van der Waals surface area contributed by atoms with E-state index in [1.807, 2.05) is 16.8 Å². The second-order valence-corrected chi connectivity index (χ2v) is 7.66. The van der Waals surface area contributed by atoms with Crippen molar-refractivity contribution in [3.8, 4) is 0 Å². The Kier molecular flexibility index (Phi) is 6.17. The van der Waals surface area contributed by atoms with E-state index >= 15 is 0 Å². The van der Waals surface area contributed by atoms with Crippen LogP contribution in [-0.4, -0.2) is 64.0 Å². The van der Waals surface area contributed by atoms with E-state index in [9.17, 15) is 4.39 Å². The lowest BCUT2D eigenvalue weighted by Crippen LogP contribution is -2.48. The topological polar surface area (TPSA) is 59.3 Å². The molecule has 2 aliphatic rings. The minimum Gasteiger partial charge on any atom is -0.376 e. The monoisotopic (exact) mass is 388 g/mol. The van der Waals surface area contributed by atoms with Crippen LogP contribution >= 0.6 is 0 Å². The first-order chi connectivity index (χ1) is 13.7. The van der Waals surface area contributed by atoms with E-state index < -0.39 is 0 Å². The molecule has 0 radical (unpaired) electrons. The van der Waals surface area contributed by atoms with Crippen LogP contribution in [0, 0.1) is 5.82 Å². The number of anilines is 1. The molecule has 2 saturated heterocycles. The predicted octanol–water partition coefficient (Wildman–Crippen LogP) is 2.65. The molecule has 4 rings (SSSR count). The number of piperazine rings is 1. The van der Waals surface area contributed by atoms with E-state index in [2.05, 4.69) is 32.2 Å². The van der Waals surface area contributed by atoms with Crippen molar-refractivity contribution in [1.82, 2.24) is 25.1 Å². The third-order valence-electron chi connectivity index (χ3n) is 5.77. The molecule has 0 unspecified atom stereocenters. The average molecular weight is 388 g/mol. The molecule has 3 heterocycles. The summed E-state index contributed by atoms with van der Waals surface area (Å²) in [7, 11) is 0. The normalized spacial score (nSPS) is 21.9. The van der Waals surface area contributed by atoms with Crippen molar-refractivity contribution in [1.29, 1.82) is 0 Å². The Balaban J connectivity index is 1.43. The van der Waals surface area contributed by atoms with Gasteiger partial charge in [0, 0.05) is 38.5 Å². The second kappa shape index (κ2) is 8.96. The Morgan fingerprint density at radius 2 is 1.96 bits per heavy atom. The smallest absolute Gasteiger partial charge is 0.168 e. The number of nitrogens with zero attached hydrogens (tertiary/aromatic N) is 6. The van der Waals surface area contributed by atoms with Crippen molar-refractivity contribution >= 4 is 5.69 Å². The summed E-state index contributed by atoms with van der Waals surface area (Å²) in [6.45, 7) is 7.49. The molecule has 8 heteroatoms. The largest absolute Gasteiger partial charge is 0.376 e. The number of rotatable bonds is 7. The molecule has 7 nitrogen and oxygen atoms in total. The van der Waals surface area contributed by atoms with Gasteiger partial charge in [0.15, 0.2) is 5.82 Å². The van der Waals surface area contributed by atoms with E-state index in [1.54, 1.807) is 0 Å². The van der Waals surface area contributed by atoms with Crippen LogP contribution in [0.25, 0.3) is 0 Å². The van der Waals surface area contributed by atoms with E-state index in [0.29, 0.717) is 0 Å². The highest BCUT2D eigenvalue weighted by Crippen LogP contribution is 2.27. The molecule has 152 valence electrons. The van der Waals surface area contributed by atoms with Gasteiger partial charge in [0.2, 0.25) is 0 Å². The molecule has 0 bridgehead atoms. The number of hydrogen-bond acceptors (Lipinski definition) is 6. The molecular formula is C20H29FN6O. The molecule has 1 aromatic carbocycles. The lowest BCUT2D eigenvalue weighted by molar-refractivity contribution is 0.0891. The molecular weight excluding hydrogens is 359 g/mol. The zero-order chi connectivity index (χ0) is 19.3. The fourth-order valence-electron chi connectivity index (χ4n) is 4.25. The maximum Gasteiger partial charge on any atom is 0.168 e. The summed E-state index contributed by atoms with van der Waals surface area (Å²) in [6.07, 6.45) is 4.53. The summed E-state index contributed by atoms with van der Waals surface area (Å²) in [5, 5.41) is 12.6. The Labute approximate surface area is 165 Å². The summed E-state index contributed by atoms with van der Waals surface area (Å²) in [4.78, 5) is 4.80. The quantitative estimate of drug-likeness (QED) is 0.727. The van der Waals surface area contributed by atoms with Crippen LogP contribution in [0.5, 0.6) is 0 Å². The van der Waals surface area contributed by atoms with E-state index in [1.165, 1.54) is 12.1 Å². The van der Waals surface area contributed by atoms with Gasteiger partial charge in [0.25, 0.3) is 0 Å². The highest BCUT2D eigenvalue weighted by molar-refractivity contribution is 5.46. The third-order valence-corrected chi connectivity index (χ3v) is 5.77. The van der Waals surface area contributed by atoms with Crippen LogP contribution in [0.15, 0.2) is 24.3 Å². The van der Waals surface area contributed by atoms with Crippen LogP contribution in [-0.2, 0) is 11.3 Å². The lowest BCUT2D eigenvalue weighted by atomic mass is 10.1. The average Bonchev–Trinajstić information content (AvgIpc) is 3.40. The summed E-state index contributed by atoms with van der Waals surface area (Å²) in [5.41, 5.74) is 1.08. The first-order valence-corrected chi connectivity index (χ1v) is 10.4. The van der Waals surface area contributed by atoms with Gasteiger partial charge in [-0.3, -0.25) is 4.90 Å². The Bertz CT molecular complexity index is 737. The molecule has 0 aliphatic carbocycles. The number of ether oxygens (including phenoxy) is 1. The van der Waals surface area contributed by atoms with Crippen LogP contribution < -0.4 is 4.90 Å². The molecule has 0 amide bonds. The summed E-state index contributed by atoms with van der Waals surface area (Å²) < 4.78 is 20.9. The highest BCUT2D eigenvalue weighted by atomic mass is 19.1. The molecule has 0 saturated carbocycles. The van der Waals surface area contributed by atoms with E-state index in [4.69, 9.17) is 4.74 Å². The van der Waals surface area contributed by atoms with Crippen molar-refractivity contribution in [3.05, 3.63) is 35.9 Å². The minimum absolute atomic E-state index is 0.191. The van der Waals surface area contributed by atoms with E-state index in [-0.39, 0.29) is 18.0 Å². The second-order valence-electron chi connectivity index (χ2n) is 7.66. The maximum atomic E-state index is 13.2. The minimum atomic E-state index is -0.191. The van der Waals surface area contributed by atoms with Crippen LogP contribution in [0.1, 0.15) is 44.5 Å². The number of aromatic nitrogens is 4. The molecule has 2 atom stereocenters.